The Kier molecular flexibility index (Phi) is 8.74. The summed E-state index contributed by atoms with van der Waals surface area (Å²) in [6, 6.07) is 22.8. The number of carbonyl (C=O) groups excluding carboxylic acids is 1. The van der Waals surface area contributed by atoms with Crippen LogP contribution in [0.5, 0.6) is 17.2 Å². The number of ether oxygens (including phenoxy) is 3. The van der Waals surface area contributed by atoms with Crippen molar-refractivity contribution in [2.24, 2.45) is 0 Å². The van der Waals surface area contributed by atoms with Crippen LogP contribution < -0.4 is 20.1 Å². The van der Waals surface area contributed by atoms with Gasteiger partial charge in [0.05, 0.1) is 35.7 Å². The molecule has 9 heteroatoms. The van der Waals surface area contributed by atoms with Crippen LogP contribution in [0.2, 0.25) is 0 Å². The molecule has 208 valence electrons. The molecule has 3 aromatic carbocycles. The molecular weight excluding hydrogens is 518 g/mol. The standard InChI is InChI=1S/C32H31N5O4/c1-37(2)15-6-9-31(38)36-29-17-27-28(18-30(29)41-26-14-16-39-21-26)34-20-22(19-33)32(27)35-23-10-12-25(13-11-23)40-24-7-4-3-5-8-24/h3-13,17-18,20,26H,14-16,21H2,1-2H3,(H,34,35)(H,36,38)/b9-6+. The van der Waals surface area contributed by atoms with Gasteiger partial charge in [0.15, 0.2) is 0 Å². The van der Waals surface area contributed by atoms with E-state index in [9.17, 15) is 10.1 Å². The van der Waals surface area contributed by atoms with Crippen LogP contribution >= 0.6 is 0 Å². The fourth-order valence-electron chi connectivity index (χ4n) is 4.34. The first-order valence-corrected chi connectivity index (χ1v) is 13.3. The van der Waals surface area contributed by atoms with E-state index in [0.29, 0.717) is 59.1 Å². The predicted octanol–water partition coefficient (Wildman–Crippen LogP) is 5.87. The van der Waals surface area contributed by atoms with Crippen molar-refractivity contribution in [1.29, 1.82) is 5.26 Å². The molecule has 5 rings (SSSR count). The van der Waals surface area contributed by atoms with Gasteiger partial charge in [-0.15, -0.1) is 0 Å². The molecule has 0 aliphatic carbocycles. The first-order valence-electron chi connectivity index (χ1n) is 13.3. The second kappa shape index (κ2) is 13.0. The summed E-state index contributed by atoms with van der Waals surface area (Å²) in [6.45, 7) is 1.73. The SMILES string of the molecule is CN(C)C/C=C/C(=O)Nc1cc2c(Nc3ccc(Oc4ccccc4)cc3)c(C#N)cnc2cc1OC1CCOC1. The number of hydrogen-bond donors (Lipinski definition) is 2. The van der Waals surface area contributed by atoms with Crippen molar-refractivity contribution in [2.75, 3.05) is 44.5 Å². The molecule has 1 fully saturated rings. The number of nitrogens with zero attached hydrogens (tertiary/aromatic N) is 3. The molecule has 1 saturated heterocycles. The number of anilines is 3. The summed E-state index contributed by atoms with van der Waals surface area (Å²) in [5.74, 6) is 1.64. The van der Waals surface area contributed by atoms with Crippen molar-refractivity contribution in [3.63, 3.8) is 0 Å². The lowest BCUT2D eigenvalue weighted by Gasteiger charge is -2.18. The van der Waals surface area contributed by atoms with Crippen LogP contribution in [-0.4, -0.2) is 55.7 Å². The van der Waals surface area contributed by atoms with Gasteiger partial charge in [-0.05, 0) is 56.6 Å². The minimum atomic E-state index is -0.286. The van der Waals surface area contributed by atoms with Crippen molar-refractivity contribution < 1.29 is 19.0 Å². The van der Waals surface area contributed by atoms with Crippen LogP contribution in [0, 0.1) is 11.3 Å². The summed E-state index contributed by atoms with van der Waals surface area (Å²) in [4.78, 5) is 19.3. The Morgan fingerprint density at radius 3 is 2.63 bits per heavy atom. The number of para-hydroxylation sites is 1. The van der Waals surface area contributed by atoms with E-state index in [4.69, 9.17) is 14.2 Å². The lowest BCUT2D eigenvalue weighted by atomic mass is 10.1. The number of carbonyl (C=O) groups is 1. The summed E-state index contributed by atoms with van der Waals surface area (Å²) in [5, 5.41) is 16.9. The second-order valence-electron chi connectivity index (χ2n) is 9.85. The van der Waals surface area contributed by atoms with Crippen molar-refractivity contribution in [2.45, 2.75) is 12.5 Å². The summed E-state index contributed by atoms with van der Waals surface area (Å²) in [7, 11) is 3.86. The minimum Gasteiger partial charge on any atom is -0.486 e. The maximum atomic E-state index is 12.8. The van der Waals surface area contributed by atoms with Gasteiger partial charge in [0.2, 0.25) is 5.91 Å². The quantitative estimate of drug-likeness (QED) is 0.237. The molecule has 2 heterocycles. The van der Waals surface area contributed by atoms with Crippen LogP contribution in [0.3, 0.4) is 0 Å². The number of rotatable bonds is 10. The summed E-state index contributed by atoms with van der Waals surface area (Å²) in [6.07, 6.45) is 5.44. The molecule has 0 saturated carbocycles. The van der Waals surface area contributed by atoms with Gasteiger partial charge in [0, 0.05) is 42.4 Å². The van der Waals surface area contributed by atoms with E-state index in [2.05, 4.69) is 21.7 Å². The molecular formula is C32H31N5O4. The van der Waals surface area contributed by atoms with E-state index in [1.165, 1.54) is 12.3 Å². The van der Waals surface area contributed by atoms with Gasteiger partial charge in [0.25, 0.3) is 0 Å². The highest BCUT2D eigenvalue weighted by atomic mass is 16.5. The molecule has 0 radical (unpaired) electrons. The first-order chi connectivity index (χ1) is 20.0. The molecule has 0 spiro atoms. The lowest BCUT2D eigenvalue weighted by Crippen LogP contribution is -2.18. The number of pyridine rings is 1. The van der Waals surface area contributed by atoms with Crippen molar-refractivity contribution in [1.82, 2.24) is 9.88 Å². The number of aromatic nitrogens is 1. The van der Waals surface area contributed by atoms with E-state index >= 15 is 0 Å². The maximum Gasteiger partial charge on any atom is 0.248 e. The lowest BCUT2D eigenvalue weighted by molar-refractivity contribution is -0.111. The molecule has 1 aromatic heterocycles. The minimum absolute atomic E-state index is 0.125. The smallest absolute Gasteiger partial charge is 0.248 e. The average Bonchev–Trinajstić information content (AvgIpc) is 3.48. The molecule has 1 unspecified atom stereocenters. The molecule has 4 aromatic rings. The Morgan fingerprint density at radius 1 is 1.15 bits per heavy atom. The first kappa shape index (κ1) is 27.6. The topological polar surface area (TPSA) is 109 Å². The maximum absolute atomic E-state index is 12.8. The fraction of sp³-hybridized carbons (Fsp3) is 0.219. The highest BCUT2D eigenvalue weighted by molar-refractivity contribution is 6.04. The summed E-state index contributed by atoms with van der Waals surface area (Å²) in [5.41, 5.74) is 2.79. The number of benzene rings is 3. The molecule has 2 N–H and O–H groups in total. The zero-order chi connectivity index (χ0) is 28.6. The van der Waals surface area contributed by atoms with Gasteiger partial charge in [-0.25, -0.2) is 0 Å². The Labute approximate surface area is 239 Å². The molecule has 41 heavy (non-hydrogen) atoms. The van der Waals surface area contributed by atoms with Crippen molar-refractivity contribution >= 4 is 33.9 Å². The molecule has 0 bridgehead atoms. The Bertz CT molecular complexity index is 1570. The van der Waals surface area contributed by atoms with Crippen LogP contribution in [0.4, 0.5) is 17.1 Å². The highest BCUT2D eigenvalue weighted by Gasteiger charge is 2.21. The normalized spacial score (nSPS) is 14.7. The summed E-state index contributed by atoms with van der Waals surface area (Å²) >= 11 is 0. The van der Waals surface area contributed by atoms with E-state index in [1.54, 1.807) is 18.2 Å². The van der Waals surface area contributed by atoms with E-state index in [-0.39, 0.29) is 12.0 Å². The van der Waals surface area contributed by atoms with E-state index in [1.807, 2.05) is 73.6 Å². The third-order valence-electron chi connectivity index (χ3n) is 6.37. The molecule has 9 nitrogen and oxygen atoms in total. The van der Waals surface area contributed by atoms with Gasteiger partial charge in [-0.2, -0.15) is 5.26 Å². The molecule has 1 aliphatic heterocycles. The zero-order valence-corrected chi connectivity index (χ0v) is 23.0. The van der Waals surface area contributed by atoms with Crippen molar-refractivity contribution in [3.05, 3.63) is 90.6 Å². The van der Waals surface area contributed by atoms with Crippen LogP contribution in [0.15, 0.2) is 85.1 Å². The zero-order valence-electron chi connectivity index (χ0n) is 23.0. The van der Waals surface area contributed by atoms with Gasteiger partial charge < -0.3 is 29.7 Å². The summed E-state index contributed by atoms with van der Waals surface area (Å²) < 4.78 is 17.6. The number of nitriles is 1. The highest BCUT2D eigenvalue weighted by Crippen LogP contribution is 2.37. The van der Waals surface area contributed by atoms with E-state index in [0.717, 1.165) is 17.9 Å². The van der Waals surface area contributed by atoms with Gasteiger partial charge in [-0.3, -0.25) is 9.78 Å². The molecule has 1 atom stereocenters. The Hall–Kier alpha value is -4.91. The average molecular weight is 550 g/mol. The Morgan fingerprint density at radius 2 is 1.93 bits per heavy atom. The van der Waals surface area contributed by atoms with E-state index < -0.39 is 0 Å². The second-order valence-corrected chi connectivity index (χ2v) is 9.85. The number of fused-ring (bicyclic) bond motifs is 1. The number of hydrogen-bond acceptors (Lipinski definition) is 8. The van der Waals surface area contributed by atoms with Crippen LogP contribution in [0.25, 0.3) is 10.9 Å². The number of nitrogens with one attached hydrogen (secondary N) is 2. The van der Waals surface area contributed by atoms with Gasteiger partial charge in [-0.1, -0.05) is 24.3 Å². The number of amides is 1. The molecule has 1 amide bonds. The predicted molar refractivity (Wildman–Crippen MR) is 159 cm³/mol. The largest absolute Gasteiger partial charge is 0.486 e. The van der Waals surface area contributed by atoms with Gasteiger partial charge >= 0.3 is 0 Å². The van der Waals surface area contributed by atoms with Crippen LogP contribution in [-0.2, 0) is 9.53 Å². The third kappa shape index (κ3) is 7.19. The molecule has 1 aliphatic rings. The number of likely N-dealkylation sites (N-methyl/N-ethyl adjacent to an activating group) is 1. The Balaban J connectivity index is 1.47. The van der Waals surface area contributed by atoms with Crippen molar-refractivity contribution in [3.8, 4) is 23.3 Å². The fourth-order valence-corrected chi connectivity index (χ4v) is 4.34. The third-order valence-corrected chi connectivity index (χ3v) is 6.37. The monoisotopic (exact) mass is 549 g/mol. The van der Waals surface area contributed by atoms with Crippen LogP contribution in [0.1, 0.15) is 12.0 Å². The van der Waals surface area contributed by atoms with Gasteiger partial charge in [0.1, 0.15) is 29.4 Å².